The lowest BCUT2D eigenvalue weighted by atomic mass is 10.2. The molecule has 2 heterocycles. The Balaban J connectivity index is 1.70. The van der Waals surface area contributed by atoms with E-state index in [0.29, 0.717) is 5.89 Å². The Morgan fingerprint density at radius 3 is 2.65 bits per heavy atom. The fraction of sp³-hybridized carbons (Fsp3) is 0.375. The Labute approximate surface area is 118 Å². The third-order valence-corrected chi connectivity index (χ3v) is 3.60. The van der Waals surface area contributed by atoms with E-state index in [1.807, 2.05) is 29.2 Å². The van der Waals surface area contributed by atoms with Crippen molar-refractivity contribution in [3.05, 3.63) is 36.2 Å². The van der Waals surface area contributed by atoms with Gasteiger partial charge in [0.15, 0.2) is 5.58 Å². The highest BCUT2D eigenvalue weighted by molar-refractivity contribution is 5.91. The highest BCUT2D eigenvalue weighted by Gasteiger charge is 2.13. The van der Waals surface area contributed by atoms with Crippen molar-refractivity contribution in [3.63, 3.8) is 0 Å². The average molecular weight is 270 g/mol. The Morgan fingerprint density at radius 2 is 1.90 bits per heavy atom. The lowest BCUT2D eigenvalue weighted by molar-refractivity contribution is -0.125. The van der Waals surface area contributed by atoms with Gasteiger partial charge in [0.25, 0.3) is 0 Å². The normalized spacial score (nSPS) is 16.7. The standard InChI is InChI=1S/C16H18N2O2/c19-16(18-11-5-1-2-6-12-18)10-9-15-17-13-7-3-4-8-14(13)20-15/h3-4,7-10H,1-2,5-6,11-12H2/b10-9+. The number of hydrogen-bond donors (Lipinski definition) is 0. The maximum atomic E-state index is 12.1. The zero-order valence-corrected chi connectivity index (χ0v) is 11.4. The molecule has 0 atom stereocenters. The van der Waals surface area contributed by atoms with Crippen molar-refractivity contribution in [1.29, 1.82) is 0 Å². The third-order valence-electron chi connectivity index (χ3n) is 3.60. The van der Waals surface area contributed by atoms with Crippen LogP contribution in [0.1, 0.15) is 31.6 Å². The molecule has 1 aromatic heterocycles. The number of oxazole rings is 1. The lowest BCUT2D eigenvalue weighted by Gasteiger charge is -2.17. The van der Waals surface area contributed by atoms with Crippen LogP contribution in [0, 0.1) is 0 Å². The van der Waals surface area contributed by atoms with Gasteiger partial charge in [-0.05, 0) is 25.0 Å². The van der Waals surface area contributed by atoms with E-state index in [0.717, 1.165) is 37.0 Å². The molecule has 0 saturated carbocycles. The Kier molecular flexibility index (Phi) is 3.81. The molecule has 3 rings (SSSR count). The SMILES string of the molecule is O=C(/C=C/c1nc2ccccc2o1)N1CCCCCC1. The number of carbonyl (C=O) groups excluding carboxylic acids is 1. The van der Waals surface area contributed by atoms with Crippen LogP contribution < -0.4 is 0 Å². The summed E-state index contributed by atoms with van der Waals surface area (Å²) in [6.07, 6.45) is 7.87. The van der Waals surface area contributed by atoms with Crippen LogP contribution in [-0.4, -0.2) is 28.9 Å². The number of rotatable bonds is 2. The number of nitrogens with zero attached hydrogens (tertiary/aromatic N) is 2. The van der Waals surface area contributed by atoms with E-state index >= 15 is 0 Å². The van der Waals surface area contributed by atoms with Crippen molar-refractivity contribution in [3.8, 4) is 0 Å². The van der Waals surface area contributed by atoms with E-state index in [2.05, 4.69) is 4.98 Å². The van der Waals surface area contributed by atoms with Gasteiger partial charge in [0, 0.05) is 25.2 Å². The Morgan fingerprint density at radius 1 is 1.15 bits per heavy atom. The highest BCUT2D eigenvalue weighted by Crippen LogP contribution is 2.16. The largest absolute Gasteiger partial charge is 0.437 e. The van der Waals surface area contributed by atoms with Crippen LogP contribution >= 0.6 is 0 Å². The van der Waals surface area contributed by atoms with Gasteiger partial charge in [0.05, 0.1) is 0 Å². The van der Waals surface area contributed by atoms with Crippen molar-refractivity contribution in [2.24, 2.45) is 0 Å². The maximum absolute atomic E-state index is 12.1. The van der Waals surface area contributed by atoms with Gasteiger partial charge in [-0.1, -0.05) is 25.0 Å². The summed E-state index contributed by atoms with van der Waals surface area (Å²) in [5.74, 6) is 0.531. The quantitative estimate of drug-likeness (QED) is 0.787. The lowest BCUT2D eigenvalue weighted by Crippen LogP contribution is -2.30. The smallest absolute Gasteiger partial charge is 0.246 e. The first-order valence-electron chi connectivity index (χ1n) is 7.15. The summed E-state index contributed by atoms with van der Waals surface area (Å²) in [7, 11) is 0. The molecule has 1 saturated heterocycles. The molecule has 4 nitrogen and oxygen atoms in total. The van der Waals surface area contributed by atoms with Crippen LogP contribution in [0.3, 0.4) is 0 Å². The molecule has 2 aromatic rings. The van der Waals surface area contributed by atoms with Gasteiger partial charge in [-0.2, -0.15) is 0 Å². The second-order valence-corrected chi connectivity index (χ2v) is 5.09. The fourth-order valence-electron chi connectivity index (χ4n) is 2.50. The predicted molar refractivity (Wildman–Crippen MR) is 78.1 cm³/mol. The number of likely N-dealkylation sites (tertiary alicyclic amines) is 1. The highest BCUT2D eigenvalue weighted by atomic mass is 16.3. The molecule has 0 radical (unpaired) electrons. The number of amides is 1. The summed E-state index contributed by atoms with van der Waals surface area (Å²) in [4.78, 5) is 18.3. The Bertz CT molecular complexity index is 589. The molecule has 20 heavy (non-hydrogen) atoms. The van der Waals surface area contributed by atoms with Crippen molar-refractivity contribution in [1.82, 2.24) is 9.88 Å². The number of para-hydroxylation sites is 2. The van der Waals surface area contributed by atoms with Crippen LogP contribution in [0.15, 0.2) is 34.8 Å². The molecule has 1 fully saturated rings. The summed E-state index contributed by atoms with van der Waals surface area (Å²) in [5, 5.41) is 0. The van der Waals surface area contributed by atoms with E-state index in [-0.39, 0.29) is 5.91 Å². The molecule has 0 bridgehead atoms. The van der Waals surface area contributed by atoms with E-state index in [9.17, 15) is 4.79 Å². The molecule has 0 N–H and O–H groups in total. The number of benzene rings is 1. The first kappa shape index (κ1) is 12.9. The molecular formula is C16H18N2O2. The second kappa shape index (κ2) is 5.90. The summed E-state index contributed by atoms with van der Waals surface area (Å²) >= 11 is 0. The van der Waals surface area contributed by atoms with Gasteiger partial charge in [-0.15, -0.1) is 0 Å². The van der Waals surface area contributed by atoms with Crippen molar-refractivity contribution < 1.29 is 9.21 Å². The number of fused-ring (bicyclic) bond motifs is 1. The minimum Gasteiger partial charge on any atom is -0.437 e. The van der Waals surface area contributed by atoms with Crippen molar-refractivity contribution >= 4 is 23.1 Å². The summed E-state index contributed by atoms with van der Waals surface area (Å²) in [6.45, 7) is 1.72. The monoisotopic (exact) mass is 270 g/mol. The average Bonchev–Trinajstić information content (AvgIpc) is 2.69. The van der Waals surface area contributed by atoms with Crippen LogP contribution in [0.2, 0.25) is 0 Å². The molecular weight excluding hydrogens is 252 g/mol. The minimum absolute atomic E-state index is 0.0501. The number of aromatic nitrogens is 1. The maximum Gasteiger partial charge on any atom is 0.246 e. The second-order valence-electron chi connectivity index (χ2n) is 5.09. The van der Waals surface area contributed by atoms with E-state index in [1.165, 1.54) is 12.8 Å². The molecule has 1 aliphatic heterocycles. The van der Waals surface area contributed by atoms with Gasteiger partial charge < -0.3 is 9.32 Å². The fourth-order valence-corrected chi connectivity index (χ4v) is 2.50. The zero-order chi connectivity index (χ0) is 13.8. The molecule has 1 amide bonds. The minimum atomic E-state index is 0.0501. The van der Waals surface area contributed by atoms with Crippen molar-refractivity contribution in [2.75, 3.05) is 13.1 Å². The zero-order valence-electron chi connectivity index (χ0n) is 11.4. The van der Waals surface area contributed by atoms with E-state index in [1.54, 1.807) is 12.2 Å². The number of hydrogen-bond acceptors (Lipinski definition) is 3. The van der Waals surface area contributed by atoms with Crippen LogP contribution in [0.4, 0.5) is 0 Å². The third kappa shape index (κ3) is 2.90. The Hall–Kier alpha value is -2.10. The molecule has 0 unspecified atom stereocenters. The molecule has 1 aliphatic rings. The molecule has 0 spiro atoms. The summed E-state index contributed by atoms with van der Waals surface area (Å²) in [6, 6.07) is 7.59. The van der Waals surface area contributed by atoms with Gasteiger partial charge in [0.1, 0.15) is 5.52 Å². The summed E-state index contributed by atoms with van der Waals surface area (Å²) < 4.78 is 5.56. The predicted octanol–water partition coefficient (Wildman–Crippen LogP) is 3.24. The van der Waals surface area contributed by atoms with Crippen LogP contribution in [0.5, 0.6) is 0 Å². The van der Waals surface area contributed by atoms with Gasteiger partial charge >= 0.3 is 0 Å². The first-order chi connectivity index (χ1) is 9.83. The molecule has 4 heteroatoms. The van der Waals surface area contributed by atoms with Crippen LogP contribution in [-0.2, 0) is 4.79 Å². The van der Waals surface area contributed by atoms with Gasteiger partial charge in [-0.3, -0.25) is 4.79 Å². The number of carbonyl (C=O) groups is 1. The van der Waals surface area contributed by atoms with Crippen LogP contribution in [0.25, 0.3) is 17.2 Å². The summed E-state index contributed by atoms with van der Waals surface area (Å²) in [5.41, 5.74) is 1.56. The molecule has 0 aliphatic carbocycles. The molecule has 104 valence electrons. The van der Waals surface area contributed by atoms with Gasteiger partial charge in [0.2, 0.25) is 11.8 Å². The van der Waals surface area contributed by atoms with E-state index in [4.69, 9.17) is 4.42 Å². The van der Waals surface area contributed by atoms with Crippen molar-refractivity contribution in [2.45, 2.75) is 25.7 Å². The first-order valence-corrected chi connectivity index (χ1v) is 7.15. The van der Waals surface area contributed by atoms with E-state index < -0.39 is 0 Å². The topological polar surface area (TPSA) is 46.3 Å². The van der Waals surface area contributed by atoms with Gasteiger partial charge in [-0.25, -0.2) is 4.98 Å². The molecule has 1 aromatic carbocycles.